The van der Waals surface area contributed by atoms with E-state index in [9.17, 15) is 10.1 Å². The quantitative estimate of drug-likeness (QED) is 0.665. The predicted molar refractivity (Wildman–Crippen MR) is 75.0 cm³/mol. The van der Waals surface area contributed by atoms with E-state index in [4.69, 9.17) is 0 Å². The van der Waals surface area contributed by atoms with Crippen LogP contribution < -0.4 is 10.6 Å². The molecule has 0 aromatic heterocycles. The molecule has 1 fully saturated rings. The first-order valence-corrected chi connectivity index (χ1v) is 6.79. The molecule has 98 valence electrons. The molecule has 1 aliphatic rings. The molecule has 0 saturated carbocycles. The lowest BCUT2D eigenvalue weighted by Crippen LogP contribution is -2.38. The molecule has 5 nitrogen and oxygen atoms in total. The number of halogens is 1. The Morgan fingerprint density at radius 3 is 2.94 bits per heavy atom. The standard InChI is InChI=1S/C12H16BrN3O2/c1-8-5-11(10(13)6-12(8)16(17)18)15-9-3-2-4-14-7-9/h5-6,9,14-15H,2-4,7H2,1H3. The van der Waals surface area contributed by atoms with Gasteiger partial charge in [0.1, 0.15) is 0 Å². The Hall–Kier alpha value is -1.14. The van der Waals surface area contributed by atoms with Gasteiger partial charge >= 0.3 is 0 Å². The van der Waals surface area contributed by atoms with Crippen molar-refractivity contribution in [3.63, 3.8) is 0 Å². The molecule has 6 heteroatoms. The summed E-state index contributed by atoms with van der Waals surface area (Å²) in [6.07, 6.45) is 2.27. The lowest BCUT2D eigenvalue weighted by molar-refractivity contribution is -0.385. The molecule has 0 spiro atoms. The Morgan fingerprint density at radius 2 is 2.33 bits per heavy atom. The zero-order valence-corrected chi connectivity index (χ0v) is 11.8. The number of rotatable bonds is 3. The van der Waals surface area contributed by atoms with Crippen molar-refractivity contribution in [2.75, 3.05) is 18.4 Å². The van der Waals surface area contributed by atoms with Gasteiger partial charge in [0.25, 0.3) is 5.69 Å². The second kappa shape index (κ2) is 5.67. The fraction of sp³-hybridized carbons (Fsp3) is 0.500. The van der Waals surface area contributed by atoms with Crippen molar-refractivity contribution in [3.05, 3.63) is 32.3 Å². The van der Waals surface area contributed by atoms with Crippen molar-refractivity contribution in [3.8, 4) is 0 Å². The first kappa shape index (κ1) is 13.3. The molecule has 0 bridgehead atoms. The smallest absolute Gasteiger partial charge is 0.273 e. The number of hydrogen-bond donors (Lipinski definition) is 2. The maximum Gasteiger partial charge on any atom is 0.273 e. The number of anilines is 1. The molecule has 0 amide bonds. The summed E-state index contributed by atoms with van der Waals surface area (Å²) in [6.45, 7) is 3.76. The van der Waals surface area contributed by atoms with Gasteiger partial charge in [0, 0.05) is 34.4 Å². The van der Waals surface area contributed by atoms with Crippen molar-refractivity contribution in [2.24, 2.45) is 0 Å². The van der Waals surface area contributed by atoms with Crippen LogP contribution in [-0.4, -0.2) is 24.1 Å². The van der Waals surface area contributed by atoms with Crippen LogP contribution in [0.25, 0.3) is 0 Å². The zero-order chi connectivity index (χ0) is 13.1. The molecule has 1 aromatic rings. The van der Waals surface area contributed by atoms with Gasteiger partial charge in [-0.1, -0.05) is 0 Å². The van der Waals surface area contributed by atoms with Crippen LogP contribution in [0.15, 0.2) is 16.6 Å². The van der Waals surface area contributed by atoms with Gasteiger partial charge in [-0.2, -0.15) is 0 Å². The topological polar surface area (TPSA) is 67.2 Å². The second-order valence-electron chi connectivity index (χ2n) is 4.56. The van der Waals surface area contributed by atoms with E-state index in [1.807, 2.05) is 6.07 Å². The fourth-order valence-electron chi connectivity index (χ4n) is 2.17. The maximum absolute atomic E-state index is 10.8. The van der Waals surface area contributed by atoms with Crippen molar-refractivity contribution in [2.45, 2.75) is 25.8 Å². The highest BCUT2D eigenvalue weighted by atomic mass is 79.9. The van der Waals surface area contributed by atoms with Crippen LogP contribution in [-0.2, 0) is 0 Å². The molecule has 1 aliphatic heterocycles. The summed E-state index contributed by atoms with van der Waals surface area (Å²) in [5.74, 6) is 0. The highest BCUT2D eigenvalue weighted by Crippen LogP contribution is 2.31. The van der Waals surface area contributed by atoms with Crippen LogP contribution in [0.1, 0.15) is 18.4 Å². The molecule has 18 heavy (non-hydrogen) atoms. The van der Waals surface area contributed by atoms with Gasteiger partial charge in [-0.15, -0.1) is 0 Å². The van der Waals surface area contributed by atoms with Gasteiger partial charge < -0.3 is 10.6 Å². The van der Waals surface area contributed by atoms with Crippen molar-refractivity contribution >= 4 is 27.3 Å². The van der Waals surface area contributed by atoms with Crippen LogP contribution in [0.4, 0.5) is 11.4 Å². The molecule has 1 saturated heterocycles. The van der Waals surface area contributed by atoms with Crippen LogP contribution >= 0.6 is 15.9 Å². The Morgan fingerprint density at radius 1 is 1.56 bits per heavy atom. The number of piperidine rings is 1. The molecule has 2 N–H and O–H groups in total. The molecule has 1 heterocycles. The Balaban J connectivity index is 2.18. The summed E-state index contributed by atoms with van der Waals surface area (Å²) in [4.78, 5) is 10.5. The summed E-state index contributed by atoms with van der Waals surface area (Å²) in [7, 11) is 0. The first-order chi connectivity index (χ1) is 8.58. The SMILES string of the molecule is Cc1cc(NC2CCCNC2)c(Br)cc1[N+](=O)[O-]. The fourth-order valence-corrected chi connectivity index (χ4v) is 2.62. The number of nitrogens with one attached hydrogen (secondary N) is 2. The van der Waals surface area contributed by atoms with E-state index >= 15 is 0 Å². The lowest BCUT2D eigenvalue weighted by Gasteiger charge is -2.25. The maximum atomic E-state index is 10.8. The number of aryl methyl sites for hydroxylation is 1. The third-order valence-electron chi connectivity index (χ3n) is 3.14. The van der Waals surface area contributed by atoms with Crippen LogP contribution in [0.3, 0.4) is 0 Å². The monoisotopic (exact) mass is 313 g/mol. The number of benzene rings is 1. The minimum Gasteiger partial charge on any atom is -0.380 e. The number of nitrogens with zero attached hydrogens (tertiary/aromatic N) is 1. The van der Waals surface area contributed by atoms with Gasteiger partial charge in [-0.25, -0.2) is 0 Å². The second-order valence-corrected chi connectivity index (χ2v) is 5.42. The Kier molecular flexibility index (Phi) is 4.19. The summed E-state index contributed by atoms with van der Waals surface area (Å²) < 4.78 is 0.741. The Bertz CT molecular complexity index is 459. The van der Waals surface area contributed by atoms with E-state index < -0.39 is 0 Å². The van der Waals surface area contributed by atoms with E-state index in [2.05, 4.69) is 26.6 Å². The minimum atomic E-state index is -0.355. The molecule has 0 aliphatic carbocycles. The summed E-state index contributed by atoms with van der Waals surface area (Å²) in [5, 5.41) is 17.6. The predicted octanol–water partition coefficient (Wildman–Crippen LogP) is 2.83. The van der Waals surface area contributed by atoms with E-state index in [1.54, 1.807) is 13.0 Å². The molecular formula is C12H16BrN3O2. The highest BCUT2D eigenvalue weighted by Gasteiger charge is 2.17. The molecule has 1 unspecified atom stereocenters. The summed E-state index contributed by atoms with van der Waals surface area (Å²) in [5.41, 5.74) is 1.75. The Labute approximate surface area is 114 Å². The van der Waals surface area contributed by atoms with E-state index in [1.165, 1.54) is 0 Å². The molecular weight excluding hydrogens is 298 g/mol. The summed E-state index contributed by atoms with van der Waals surface area (Å²) >= 11 is 3.39. The van der Waals surface area contributed by atoms with Crippen LogP contribution in [0.5, 0.6) is 0 Å². The molecule has 0 radical (unpaired) electrons. The normalized spacial score (nSPS) is 19.6. The van der Waals surface area contributed by atoms with E-state index in [-0.39, 0.29) is 10.6 Å². The van der Waals surface area contributed by atoms with Crippen molar-refractivity contribution < 1.29 is 4.92 Å². The average molecular weight is 314 g/mol. The van der Waals surface area contributed by atoms with E-state index in [0.29, 0.717) is 11.6 Å². The van der Waals surface area contributed by atoms with E-state index in [0.717, 1.165) is 36.1 Å². The van der Waals surface area contributed by atoms with Gasteiger partial charge in [0.15, 0.2) is 0 Å². The van der Waals surface area contributed by atoms with Crippen molar-refractivity contribution in [1.29, 1.82) is 0 Å². The lowest BCUT2D eigenvalue weighted by atomic mass is 10.1. The largest absolute Gasteiger partial charge is 0.380 e. The molecule has 1 atom stereocenters. The number of nitro benzene ring substituents is 1. The van der Waals surface area contributed by atoms with Gasteiger partial charge in [-0.05, 0) is 48.3 Å². The minimum absolute atomic E-state index is 0.147. The third kappa shape index (κ3) is 3.00. The van der Waals surface area contributed by atoms with Gasteiger partial charge in [0.2, 0.25) is 0 Å². The third-order valence-corrected chi connectivity index (χ3v) is 3.79. The number of hydrogen-bond acceptors (Lipinski definition) is 4. The summed E-state index contributed by atoms with van der Waals surface area (Å²) in [6, 6.07) is 3.78. The van der Waals surface area contributed by atoms with Crippen molar-refractivity contribution in [1.82, 2.24) is 5.32 Å². The van der Waals surface area contributed by atoms with Crippen LogP contribution in [0, 0.1) is 17.0 Å². The highest BCUT2D eigenvalue weighted by molar-refractivity contribution is 9.10. The van der Waals surface area contributed by atoms with Gasteiger partial charge in [-0.3, -0.25) is 10.1 Å². The first-order valence-electron chi connectivity index (χ1n) is 5.99. The average Bonchev–Trinajstić information content (AvgIpc) is 2.34. The molecule has 2 rings (SSSR count). The molecule has 1 aromatic carbocycles. The zero-order valence-electron chi connectivity index (χ0n) is 10.2. The van der Waals surface area contributed by atoms with Crippen LogP contribution in [0.2, 0.25) is 0 Å². The van der Waals surface area contributed by atoms with Gasteiger partial charge in [0.05, 0.1) is 4.92 Å². The number of nitro groups is 1.